The van der Waals surface area contributed by atoms with Gasteiger partial charge in [-0.1, -0.05) is 24.3 Å². The number of fused-ring (bicyclic) bond motifs is 2. The van der Waals surface area contributed by atoms with Gasteiger partial charge in [-0.25, -0.2) is 0 Å². The molecule has 10 heteroatoms. The number of aromatic nitrogens is 1. The summed E-state index contributed by atoms with van der Waals surface area (Å²) in [6, 6.07) is 18.4. The van der Waals surface area contributed by atoms with Gasteiger partial charge in [-0.2, -0.15) is 8.78 Å². The first kappa shape index (κ1) is 23.6. The second-order valence-electron chi connectivity index (χ2n) is 7.39. The Hall–Kier alpha value is -4.60. The first-order valence-electron chi connectivity index (χ1n) is 10.4. The molecule has 0 saturated carbocycles. The monoisotopic (exact) mass is 480 g/mol. The Morgan fingerprint density at radius 3 is 2.00 bits per heavy atom. The van der Waals surface area contributed by atoms with Crippen molar-refractivity contribution in [3.63, 3.8) is 0 Å². The van der Waals surface area contributed by atoms with Crippen LogP contribution in [-0.2, 0) is 20.9 Å². The molecule has 0 bridgehead atoms. The maximum atomic E-state index is 12.8. The lowest BCUT2D eigenvalue weighted by Gasteiger charge is -2.14. The van der Waals surface area contributed by atoms with Crippen molar-refractivity contribution in [3.05, 3.63) is 88.6 Å². The Kier molecular flexibility index (Phi) is 6.81. The summed E-state index contributed by atoms with van der Waals surface area (Å²) in [6.07, 6.45) is 0. The Labute approximate surface area is 196 Å². The van der Waals surface area contributed by atoms with Gasteiger partial charge >= 0.3 is 12.6 Å². The topological polar surface area (TPSA) is 104 Å². The Morgan fingerprint density at radius 2 is 1.43 bits per heavy atom. The summed E-state index contributed by atoms with van der Waals surface area (Å²) in [6.45, 7) is -3.99. The van der Waals surface area contributed by atoms with Gasteiger partial charge in [-0.05, 0) is 48.5 Å². The average Bonchev–Trinajstić information content (AvgIpc) is 2.85. The number of carbonyl (C=O) groups is 3. The standard InChI is InChI=1S/C25H18F2N2O6/c26-25(27)35-16-11-9-15(10-12-16)24(33)28-21(30)14-34-22(31)13-29-19-7-3-1-5-17(19)23(32)18-6-2-4-8-20(18)29/h1-12,25H,13-14H2,(H,28,30,33). The van der Waals surface area contributed by atoms with E-state index < -0.39 is 31.0 Å². The fraction of sp³-hybridized carbons (Fsp3) is 0.120. The lowest BCUT2D eigenvalue weighted by Crippen LogP contribution is -2.34. The molecule has 178 valence electrons. The van der Waals surface area contributed by atoms with Crippen LogP contribution in [0.4, 0.5) is 8.78 Å². The van der Waals surface area contributed by atoms with E-state index in [4.69, 9.17) is 4.74 Å². The van der Waals surface area contributed by atoms with E-state index in [1.165, 1.54) is 12.1 Å². The van der Waals surface area contributed by atoms with Crippen molar-refractivity contribution in [2.24, 2.45) is 0 Å². The minimum Gasteiger partial charge on any atom is -0.454 e. The minimum absolute atomic E-state index is 0.0255. The Bertz CT molecular complexity index is 1420. The highest BCUT2D eigenvalue weighted by Gasteiger charge is 2.16. The average molecular weight is 480 g/mol. The third-order valence-electron chi connectivity index (χ3n) is 5.13. The SMILES string of the molecule is O=C(COC(=O)Cn1c2ccccc2c(=O)c2ccccc21)NC(=O)c1ccc(OC(F)F)cc1. The lowest BCUT2D eigenvalue weighted by atomic mass is 10.1. The lowest BCUT2D eigenvalue weighted by molar-refractivity contribution is -0.148. The van der Waals surface area contributed by atoms with Crippen molar-refractivity contribution in [3.8, 4) is 5.75 Å². The zero-order valence-electron chi connectivity index (χ0n) is 18.1. The number of nitrogens with zero attached hydrogens (tertiary/aromatic N) is 1. The number of halogens is 2. The number of nitrogens with one attached hydrogen (secondary N) is 1. The quantitative estimate of drug-likeness (QED) is 0.322. The molecule has 0 aliphatic carbocycles. The van der Waals surface area contributed by atoms with Crippen LogP contribution in [0.3, 0.4) is 0 Å². The number of pyridine rings is 1. The van der Waals surface area contributed by atoms with E-state index >= 15 is 0 Å². The van der Waals surface area contributed by atoms with Crippen LogP contribution in [0.25, 0.3) is 21.8 Å². The highest BCUT2D eigenvalue weighted by molar-refractivity contribution is 6.05. The molecule has 4 rings (SSSR count). The summed E-state index contributed by atoms with van der Waals surface area (Å²) < 4.78 is 35.3. The smallest absolute Gasteiger partial charge is 0.387 e. The van der Waals surface area contributed by atoms with Crippen LogP contribution in [0.2, 0.25) is 0 Å². The molecule has 1 N–H and O–H groups in total. The number of alkyl halides is 2. The predicted octanol–water partition coefficient (Wildman–Crippen LogP) is 3.26. The molecule has 2 amide bonds. The van der Waals surface area contributed by atoms with Gasteiger partial charge in [0.25, 0.3) is 11.8 Å². The Balaban J connectivity index is 1.41. The molecule has 0 aliphatic rings. The summed E-state index contributed by atoms with van der Waals surface area (Å²) in [7, 11) is 0. The van der Waals surface area contributed by atoms with Crippen LogP contribution >= 0.6 is 0 Å². The number of rotatable bonds is 7. The van der Waals surface area contributed by atoms with Crippen molar-refractivity contribution in [1.29, 1.82) is 0 Å². The predicted molar refractivity (Wildman–Crippen MR) is 122 cm³/mol. The number of imide groups is 1. The van der Waals surface area contributed by atoms with E-state index in [1.54, 1.807) is 53.1 Å². The fourth-order valence-electron chi connectivity index (χ4n) is 3.59. The number of amides is 2. The maximum absolute atomic E-state index is 12.8. The molecule has 0 atom stereocenters. The van der Waals surface area contributed by atoms with Crippen LogP contribution in [-0.4, -0.2) is 35.6 Å². The second-order valence-corrected chi connectivity index (χ2v) is 7.39. The molecule has 0 radical (unpaired) electrons. The van der Waals surface area contributed by atoms with Gasteiger partial charge in [0.05, 0.1) is 11.0 Å². The molecule has 0 spiro atoms. The number of carbonyl (C=O) groups excluding carboxylic acids is 3. The maximum Gasteiger partial charge on any atom is 0.387 e. The number of hydrogen-bond donors (Lipinski definition) is 1. The summed E-state index contributed by atoms with van der Waals surface area (Å²) in [5, 5.41) is 2.92. The van der Waals surface area contributed by atoms with Crippen molar-refractivity contribution >= 4 is 39.6 Å². The van der Waals surface area contributed by atoms with E-state index in [-0.39, 0.29) is 23.3 Å². The highest BCUT2D eigenvalue weighted by atomic mass is 19.3. The molecule has 0 saturated heterocycles. The Morgan fingerprint density at radius 1 is 0.857 bits per heavy atom. The zero-order chi connectivity index (χ0) is 24.9. The van der Waals surface area contributed by atoms with Gasteiger partial charge < -0.3 is 14.0 Å². The van der Waals surface area contributed by atoms with Gasteiger partial charge in [-0.3, -0.25) is 24.5 Å². The van der Waals surface area contributed by atoms with E-state index in [2.05, 4.69) is 10.1 Å². The molecular formula is C25H18F2N2O6. The zero-order valence-corrected chi connectivity index (χ0v) is 18.1. The molecular weight excluding hydrogens is 462 g/mol. The number of ether oxygens (including phenoxy) is 2. The van der Waals surface area contributed by atoms with Gasteiger partial charge in [-0.15, -0.1) is 0 Å². The molecule has 1 heterocycles. The van der Waals surface area contributed by atoms with Crippen molar-refractivity contribution < 1.29 is 32.6 Å². The summed E-state index contributed by atoms with van der Waals surface area (Å²) in [5.74, 6) is -2.56. The van der Waals surface area contributed by atoms with Gasteiger partial charge in [0, 0.05) is 16.3 Å². The van der Waals surface area contributed by atoms with Crippen LogP contribution in [0, 0.1) is 0 Å². The molecule has 1 aromatic heterocycles. The van der Waals surface area contributed by atoms with Crippen LogP contribution in [0.15, 0.2) is 77.6 Å². The first-order chi connectivity index (χ1) is 16.8. The van der Waals surface area contributed by atoms with E-state index in [1.807, 2.05) is 0 Å². The first-order valence-corrected chi connectivity index (χ1v) is 10.4. The van der Waals surface area contributed by atoms with E-state index in [9.17, 15) is 28.0 Å². The van der Waals surface area contributed by atoms with E-state index in [0.717, 1.165) is 12.1 Å². The summed E-state index contributed by atoms with van der Waals surface area (Å²) in [4.78, 5) is 49.5. The number of esters is 1. The minimum atomic E-state index is -3.00. The van der Waals surface area contributed by atoms with Crippen LogP contribution in [0.1, 0.15) is 10.4 Å². The molecule has 0 fully saturated rings. The van der Waals surface area contributed by atoms with Crippen molar-refractivity contribution in [2.75, 3.05) is 6.61 Å². The third kappa shape index (κ3) is 5.32. The number of hydrogen-bond acceptors (Lipinski definition) is 6. The second kappa shape index (κ2) is 10.1. The molecule has 35 heavy (non-hydrogen) atoms. The van der Waals surface area contributed by atoms with Gasteiger partial charge in [0.2, 0.25) is 0 Å². The number of benzene rings is 3. The highest BCUT2D eigenvalue weighted by Crippen LogP contribution is 2.19. The fourth-order valence-corrected chi connectivity index (χ4v) is 3.59. The largest absolute Gasteiger partial charge is 0.454 e. The van der Waals surface area contributed by atoms with Crippen LogP contribution in [0.5, 0.6) is 5.75 Å². The number of para-hydroxylation sites is 2. The molecule has 3 aromatic carbocycles. The molecule has 0 unspecified atom stereocenters. The van der Waals surface area contributed by atoms with Crippen LogP contribution < -0.4 is 15.5 Å². The molecule has 4 aromatic rings. The van der Waals surface area contributed by atoms with Crippen molar-refractivity contribution in [1.82, 2.24) is 9.88 Å². The van der Waals surface area contributed by atoms with E-state index in [0.29, 0.717) is 21.8 Å². The van der Waals surface area contributed by atoms with Gasteiger partial charge in [0.15, 0.2) is 12.0 Å². The third-order valence-corrected chi connectivity index (χ3v) is 5.13. The summed E-state index contributed by atoms with van der Waals surface area (Å²) in [5.41, 5.74) is 0.934. The van der Waals surface area contributed by atoms with Gasteiger partial charge in [0.1, 0.15) is 12.3 Å². The molecule has 8 nitrogen and oxygen atoms in total. The van der Waals surface area contributed by atoms with Crippen molar-refractivity contribution in [2.45, 2.75) is 13.2 Å². The summed E-state index contributed by atoms with van der Waals surface area (Å²) >= 11 is 0. The molecule has 0 aliphatic heterocycles. The normalized spacial score (nSPS) is 10.9.